The molecule has 3 aromatic rings. The second-order valence-electron chi connectivity index (χ2n) is 7.63. The van der Waals surface area contributed by atoms with Crippen LogP contribution in [-0.2, 0) is 9.53 Å². The standard InChI is InChI=1S/C26H26N4O3S/c1-4-15-33-25(31)22-17(3)27-26(34)28-24(22)21-16-30(19-9-7-6-8-10-19)29-23(21)18-11-13-20(14-12-18)32-5-2/h4,6-14,16,24H,1,5,15H2,2-3H3,(H2,27,28,34)/t24-/m0/s1. The number of carbonyl (C=O) groups excluding carboxylic acids is 1. The SMILES string of the molecule is C=CCOC(=O)C1=C(C)NC(=S)N[C@H]1c1cn(-c2ccccc2)nc1-c1ccc(OCC)cc1. The number of benzene rings is 2. The van der Waals surface area contributed by atoms with Gasteiger partial charge in [0.2, 0.25) is 0 Å². The Kier molecular flexibility index (Phi) is 7.08. The smallest absolute Gasteiger partial charge is 0.338 e. The Bertz CT molecular complexity index is 1230. The van der Waals surface area contributed by atoms with Crippen molar-refractivity contribution in [1.82, 2.24) is 20.4 Å². The highest BCUT2D eigenvalue weighted by Gasteiger charge is 2.34. The maximum atomic E-state index is 13.0. The molecular formula is C26H26N4O3S. The zero-order chi connectivity index (χ0) is 24.1. The van der Waals surface area contributed by atoms with Gasteiger partial charge in [0.05, 0.1) is 29.6 Å². The normalized spacial score (nSPS) is 15.4. The van der Waals surface area contributed by atoms with E-state index >= 15 is 0 Å². The van der Waals surface area contributed by atoms with Crippen molar-refractivity contribution in [2.45, 2.75) is 19.9 Å². The second-order valence-corrected chi connectivity index (χ2v) is 8.04. The molecule has 1 aromatic heterocycles. The predicted molar refractivity (Wildman–Crippen MR) is 136 cm³/mol. The van der Waals surface area contributed by atoms with Crippen LogP contribution in [0.25, 0.3) is 16.9 Å². The lowest BCUT2D eigenvalue weighted by molar-refractivity contribution is -0.138. The van der Waals surface area contributed by atoms with Crippen molar-refractivity contribution in [3.63, 3.8) is 0 Å². The number of nitrogens with one attached hydrogen (secondary N) is 2. The molecule has 0 aliphatic carbocycles. The number of thiocarbonyl (C=S) groups is 1. The van der Waals surface area contributed by atoms with Crippen LogP contribution < -0.4 is 15.4 Å². The molecule has 0 saturated carbocycles. The number of rotatable bonds is 8. The van der Waals surface area contributed by atoms with Gasteiger partial charge in [-0.3, -0.25) is 0 Å². The molecule has 1 aliphatic heterocycles. The predicted octanol–water partition coefficient (Wildman–Crippen LogP) is 4.46. The van der Waals surface area contributed by atoms with E-state index in [0.717, 1.165) is 28.3 Å². The van der Waals surface area contributed by atoms with Gasteiger partial charge in [-0.1, -0.05) is 30.9 Å². The van der Waals surface area contributed by atoms with Crippen molar-refractivity contribution >= 4 is 23.3 Å². The zero-order valence-corrected chi connectivity index (χ0v) is 19.9. The number of aromatic nitrogens is 2. The van der Waals surface area contributed by atoms with Gasteiger partial charge >= 0.3 is 5.97 Å². The largest absolute Gasteiger partial charge is 0.494 e. The van der Waals surface area contributed by atoms with Crippen LogP contribution in [0.2, 0.25) is 0 Å². The quantitative estimate of drug-likeness (QED) is 0.284. The van der Waals surface area contributed by atoms with Crippen molar-refractivity contribution in [2.24, 2.45) is 0 Å². The molecular weight excluding hydrogens is 448 g/mol. The van der Waals surface area contributed by atoms with Gasteiger partial charge in [0.1, 0.15) is 12.4 Å². The van der Waals surface area contributed by atoms with Crippen LogP contribution in [0.4, 0.5) is 0 Å². The van der Waals surface area contributed by atoms with Crippen LogP contribution in [0.15, 0.2) is 84.7 Å². The summed E-state index contributed by atoms with van der Waals surface area (Å²) in [6, 6.07) is 17.0. The molecule has 8 heteroatoms. The average Bonchev–Trinajstić information content (AvgIpc) is 3.29. The fourth-order valence-electron chi connectivity index (χ4n) is 3.82. The minimum Gasteiger partial charge on any atom is -0.494 e. The molecule has 0 bridgehead atoms. The summed E-state index contributed by atoms with van der Waals surface area (Å²) in [5, 5.41) is 11.6. The van der Waals surface area contributed by atoms with E-state index < -0.39 is 12.0 Å². The fraction of sp³-hybridized carbons (Fsp3) is 0.192. The summed E-state index contributed by atoms with van der Waals surface area (Å²) in [5.41, 5.74) is 4.37. The highest BCUT2D eigenvalue weighted by Crippen LogP contribution is 2.35. The van der Waals surface area contributed by atoms with Crippen LogP contribution in [0.1, 0.15) is 25.5 Å². The highest BCUT2D eigenvalue weighted by atomic mass is 32.1. The molecule has 34 heavy (non-hydrogen) atoms. The molecule has 174 valence electrons. The number of allylic oxidation sites excluding steroid dienone is 1. The third kappa shape index (κ3) is 4.87. The molecule has 0 fully saturated rings. The van der Waals surface area contributed by atoms with Gasteiger partial charge in [0.25, 0.3) is 0 Å². The number of para-hydroxylation sites is 1. The summed E-state index contributed by atoms with van der Waals surface area (Å²) >= 11 is 5.42. The number of ether oxygens (including phenoxy) is 2. The molecule has 1 aliphatic rings. The Morgan fingerprint density at radius 1 is 1.21 bits per heavy atom. The van der Waals surface area contributed by atoms with Crippen molar-refractivity contribution in [1.29, 1.82) is 0 Å². The number of esters is 1. The summed E-state index contributed by atoms with van der Waals surface area (Å²) in [7, 11) is 0. The minimum absolute atomic E-state index is 0.113. The Morgan fingerprint density at radius 3 is 2.62 bits per heavy atom. The summed E-state index contributed by atoms with van der Waals surface area (Å²) in [6.45, 7) is 8.08. The Balaban J connectivity index is 1.85. The molecule has 0 saturated heterocycles. The maximum Gasteiger partial charge on any atom is 0.338 e. The van der Waals surface area contributed by atoms with Crippen LogP contribution in [-0.4, -0.2) is 34.1 Å². The lowest BCUT2D eigenvalue weighted by atomic mass is 9.94. The molecule has 2 aromatic carbocycles. The second kappa shape index (κ2) is 10.4. The Morgan fingerprint density at radius 2 is 1.94 bits per heavy atom. The van der Waals surface area contributed by atoms with Gasteiger partial charge in [-0.05, 0) is 62.5 Å². The number of hydrogen-bond acceptors (Lipinski definition) is 5. The van der Waals surface area contributed by atoms with E-state index in [1.54, 1.807) is 4.68 Å². The van der Waals surface area contributed by atoms with Crippen LogP contribution in [0.5, 0.6) is 5.75 Å². The van der Waals surface area contributed by atoms with Gasteiger partial charge < -0.3 is 20.1 Å². The van der Waals surface area contributed by atoms with E-state index in [0.29, 0.717) is 23.0 Å². The van der Waals surface area contributed by atoms with Gasteiger partial charge in [0.15, 0.2) is 5.11 Å². The van der Waals surface area contributed by atoms with E-state index in [4.69, 9.17) is 26.8 Å². The van der Waals surface area contributed by atoms with Gasteiger partial charge in [0, 0.05) is 23.0 Å². The maximum absolute atomic E-state index is 13.0. The van der Waals surface area contributed by atoms with Gasteiger partial charge in [-0.15, -0.1) is 0 Å². The summed E-state index contributed by atoms with van der Waals surface area (Å²) in [6.07, 6.45) is 3.46. The molecule has 1 atom stereocenters. The molecule has 4 rings (SSSR count). The third-order valence-electron chi connectivity index (χ3n) is 5.33. The van der Waals surface area contributed by atoms with Gasteiger partial charge in [-0.2, -0.15) is 5.10 Å². The molecule has 0 amide bonds. The summed E-state index contributed by atoms with van der Waals surface area (Å²) in [4.78, 5) is 13.0. The summed E-state index contributed by atoms with van der Waals surface area (Å²) < 4.78 is 12.8. The first-order chi connectivity index (χ1) is 16.5. The Hall–Kier alpha value is -3.91. The van der Waals surface area contributed by atoms with Crippen molar-refractivity contribution in [3.8, 4) is 22.7 Å². The average molecular weight is 475 g/mol. The number of hydrogen-bond donors (Lipinski definition) is 2. The zero-order valence-electron chi connectivity index (χ0n) is 19.1. The summed E-state index contributed by atoms with van der Waals surface area (Å²) in [5.74, 6) is 0.330. The first-order valence-corrected chi connectivity index (χ1v) is 11.4. The molecule has 0 unspecified atom stereocenters. The molecule has 0 radical (unpaired) electrons. The Labute approximate surface area is 204 Å². The van der Waals surface area contributed by atoms with Crippen LogP contribution in [0, 0.1) is 0 Å². The molecule has 2 heterocycles. The van der Waals surface area contributed by atoms with E-state index in [9.17, 15) is 4.79 Å². The lowest BCUT2D eigenvalue weighted by Crippen LogP contribution is -2.45. The minimum atomic E-state index is -0.551. The third-order valence-corrected chi connectivity index (χ3v) is 5.55. The van der Waals surface area contributed by atoms with Crippen LogP contribution >= 0.6 is 12.2 Å². The molecule has 7 nitrogen and oxygen atoms in total. The number of carbonyl (C=O) groups is 1. The highest BCUT2D eigenvalue weighted by molar-refractivity contribution is 7.80. The van der Waals surface area contributed by atoms with E-state index in [1.807, 2.05) is 74.6 Å². The van der Waals surface area contributed by atoms with Gasteiger partial charge in [-0.25, -0.2) is 9.48 Å². The monoisotopic (exact) mass is 474 g/mol. The molecule has 2 N–H and O–H groups in total. The molecule has 0 spiro atoms. The van der Waals surface area contributed by atoms with Crippen molar-refractivity contribution in [2.75, 3.05) is 13.2 Å². The lowest BCUT2D eigenvalue weighted by Gasteiger charge is -2.29. The first kappa shape index (κ1) is 23.3. The van der Waals surface area contributed by atoms with E-state index in [-0.39, 0.29) is 6.61 Å². The number of nitrogens with zero attached hydrogens (tertiary/aromatic N) is 2. The van der Waals surface area contributed by atoms with Crippen molar-refractivity contribution in [3.05, 3.63) is 90.3 Å². The van der Waals surface area contributed by atoms with Crippen LogP contribution in [0.3, 0.4) is 0 Å². The first-order valence-electron chi connectivity index (χ1n) is 11.0. The fourth-order valence-corrected chi connectivity index (χ4v) is 4.09. The topological polar surface area (TPSA) is 77.4 Å². The van der Waals surface area contributed by atoms with Crippen molar-refractivity contribution < 1.29 is 14.3 Å². The van der Waals surface area contributed by atoms with E-state index in [2.05, 4.69) is 17.2 Å². The van der Waals surface area contributed by atoms with E-state index in [1.165, 1.54) is 6.08 Å².